The molecule has 4 heteroatoms. The summed E-state index contributed by atoms with van der Waals surface area (Å²) in [6.07, 6.45) is 4.60. The molecule has 4 nitrogen and oxygen atoms in total. The highest BCUT2D eigenvalue weighted by Crippen LogP contribution is 2.27. The molecule has 1 aliphatic rings. The van der Waals surface area contributed by atoms with Gasteiger partial charge >= 0.3 is 0 Å². The molecular formula is C21H25N3O. The normalized spacial score (nSPS) is 15.8. The van der Waals surface area contributed by atoms with E-state index in [0.29, 0.717) is 0 Å². The summed E-state index contributed by atoms with van der Waals surface area (Å²) < 4.78 is 7.87. The van der Waals surface area contributed by atoms with E-state index in [1.54, 1.807) is 0 Å². The Morgan fingerprint density at radius 1 is 1.08 bits per heavy atom. The van der Waals surface area contributed by atoms with Gasteiger partial charge in [-0.05, 0) is 62.6 Å². The zero-order valence-electron chi connectivity index (χ0n) is 15.0. The molecule has 1 aliphatic heterocycles. The van der Waals surface area contributed by atoms with E-state index in [4.69, 9.17) is 4.74 Å². The molecule has 4 rings (SSSR count). The Kier molecular flexibility index (Phi) is 4.45. The van der Waals surface area contributed by atoms with Crippen LogP contribution in [0.5, 0.6) is 0 Å². The van der Waals surface area contributed by atoms with Crippen LogP contribution in [-0.2, 0) is 4.74 Å². The molecule has 0 spiro atoms. The van der Waals surface area contributed by atoms with Crippen LogP contribution in [0.25, 0.3) is 16.7 Å². The topological polar surface area (TPSA) is 30.3 Å². The zero-order chi connectivity index (χ0) is 17.2. The third kappa shape index (κ3) is 3.14. The van der Waals surface area contributed by atoms with E-state index in [-0.39, 0.29) is 6.10 Å². The van der Waals surface area contributed by atoms with Crippen LogP contribution in [0.15, 0.2) is 48.8 Å². The smallest absolute Gasteiger partial charge is 0.100 e. The summed E-state index contributed by atoms with van der Waals surface area (Å²) in [4.78, 5) is 7.08. The number of benzene rings is 2. The second kappa shape index (κ2) is 6.89. The second-order valence-corrected chi connectivity index (χ2v) is 6.67. The van der Waals surface area contributed by atoms with Gasteiger partial charge in [-0.1, -0.05) is 12.1 Å². The molecule has 1 saturated heterocycles. The average molecular weight is 335 g/mol. The first-order chi connectivity index (χ1) is 12.3. The molecule has 0 bridgehead atoms. The number of hydrogen-bond acceptors (Lipinski definition) is 3. The lowest BCUT2D eigenvalue weighted by atomic mass is 10.1. The fourth-order valence-electron chi connectivity index (χ4n) is 3.65. The van der Waals surface area contributed by atoms with Crippen molar-refractivity contribution in [3.63, 3.8) is 0 Å². The van der Waals surface area contributed by atoms with Gasteiger partial charge in [0.05, 0.1) is 17.1 Å². The van der Waals surface area contributed by atoms with Gasteiger partial charge < -0.3 is 9.64 Å². The van der Waals surface area contributed by atoms with Crippen molar-refractivity contribution in [2.75, 3.05) is 24.6 Å². The number of nitrogens with zero attached hydrogens (tertiary/aromatic N) is 3. The number of hydrogen-bond donors (Lipinski definition) is 0. The monoisotopic (exact) mass is 335 g/mol. The van der Waals surface area contributed by atoms with Gasteiger partial charge in [0.15, 0.2) is 0 Å². The van der Waals surface area contributed by atoms with Gasteiger partial charge in [-0.3, -0.25) is 4.57 Å². The summed E-state index contributed by atoms with van der Waals surface area (Å²) in [5.41, 5.74) is 5.78. The first kappa shape index (κ1) is 16.2. The van der Waals surface area contributed by atoms with E-state index in [1.807, 2.05) is 13.3 Å². The van der Waals surface area contributed by atoms with Crippen molar-refractivity contribution in [3.05, 3.63) is 54.4 Å². The molecule has 0 aliphatic carbocycles. The fourth-order valence-corrected chi connectivity index (χ4v) is 3.65. The van der Waals surface area contributed by atoms with E-state index in [9.17, 15) is 0 Å². The van der Waals surface area contributed by atoms with Gasteiger partial charge in [-0.25, -0.2) is 4.98 Å². The number of ether oxygens (including phenoxy) is 1. The Hall–Kier alpha value is -2.33. The lowest BCUT2D eigenvalue weighted by Gasteiger charge is -2.18. The number of aromatic nitrogens is 2. The summed E-state index contributed by atoms with van der Waals surface area (Å²) >= 11 is 0. The van der Waals surface area contributed by atoms with Crippen LogP contribution < -0.4 is 4.90 Å². The highest BCUT2D eigenvalue weighted by atomic mass is 16.5. The summed E-state index contributed by atoms with van der Waals surface area (Å²) in [7, 11) is 0. The van der Waals surface area contributed by atoms with Crippen LogP contribution in [0.4, 0.5) is 5.69 Å². The minimum Gasteiger partial charge on any atom is -0.374 e. The molecule has 0 amide bonds. The van der Waals surface area contributed by atoms with Crippen molar-refractivity contribution >= 4 is 16.7 Å². The van der Waals surface area contributed by atoms with Gasteiger partial charge in [-0.15, -0.1) is 0 Å². The maximum absolute atomic E-state index is 5.70. The van der Waals surface area contributed by atoms with Crippen LogP contribution in [0.1, 0.15) is 38.4 Å². The maximum Gasteiger partial charge on any atom is 0.100 e. The lowest BCUT2D eigenvalue weighted by molar-refractivity contribution is 0.0765. The molecule has 1 unspecified atom stereocenters. The molecule has 0 radical (unpaired) electrons. The molecule has 25 heavy (non-hydrogen) atoms. The Labute approximate surface area is 149 Å². The summed E-state index contributed by atoms with van der Waals surface area (Å²) in [6.45, 7) is 7.15. The van der Waals surface area contributed by atoms with Crippen LogP contribution in [0.2, 0.25) is 0 Å². The van der Waals surface area contributed by atoms with E-state index in [1.165, 1.54) is 24.1 Å². The fraction of sp³-hybridized carbons (Fsp3) is 0.381. The third-order valence-corrected chi connectivity index (χ3v) is 5.04. The minimum absolute atomic E-state index is 0.0954. The van der Waals surface area contributed by atoms with Crippen molar-refractivity contribution in [1.82, 2.24) is 9.55 Å². The van der Waals surface area contributed by atoms with Crippen LogP contribution in [0, 0.1) is 0 Å². The Morgan fingerprint density at radius 3 is 2.68 bits per heavy atom. The van der Waals surface area contributed by atoms with Crippen molar-refractivity contribution in [1.29, 1.82) is 0 Å². The predicted molar refractivity (Wildman–Crippen MR) is 103 cm³/mol. The van der Waals surface area contributed by atoms with Crippen LogP contribution in [-0.4, -0.2) is 29.2 Å². The molecular weight excluding hydrogens is 310 g/mol. The van der Waals surface area contributed by atoms with Crippen molar-refractivity contribution < 1.29 is 4.74 Å². The Morgan fingerprint density at radius 2 is 1.88 bits per heavy atom. The minimum atomic E-state index is 0.0954. The van der Waals surface area contributed by atoms with Gasteiger partial charge in [0.25, 0.3) is 0 Å². The Balaban J connectivity index is 1.69. The second-order valence-electron chi connectivity index (χ2n) is 6.67. The maximum atomic E-state index is 5.70. The SMILES string of the molecule is CCOC(C)c1ccc2c(c1)ncn2-c1cccc(N2CCCC2)c1. The predicted octanol–water partition coefficient (Wildman–Crippen LogP) is 4.72. The summed E-state index contributed by atoms with van der Waals surface area (Å²) in [6, 6.07) is 15.2. The van der Waals surface area contributed by atoms with Gasteiger partial charge in [0, 0.05) is 31.1 Å². The lowest BCUT2D eigenvalue weighted by Crippen LogP contribution is -2.17. The molecule has 1 atom stereocenters. The first-order valence-corrected chi connectivity index (χ1v) is 9.20. The molecule has 2 heterocycles. The molecule has 0 N–H and O–H groups in total. The van der Waals surface area contributed by atoms with E-state index in [2.05, 4.69) is 63.8 Å². The number of fused-ring (bicyclic) bond motifs is 1. The van der Waals surface area contributed by atoms with Crippen LogP contribution in [0.3, 0.4) is 0 Å². The number of imidazole rings is 1. The first-order valence-electron chi connectivity index (χ1n) is 9.20. The average Bonchev–Trinajstić information content (AvgIpc) is 3.31. The number of rotatable bonds is 5. The zero-order valence-corrected chi connectivity index (χ0v) is 15.0. The highest BCUT2D eigenvalue weighted by Gasteiger charge is 2.14. The molecule has 1 aromatic heterocycles. The quantitative estimate of drug-likeness (QED) is 0.675. The third-order valence-electron chi connectivity index (χ3n) is 5.04. The standard InChI is InChI=1S/C21H25N3O/c1-3-25-16(2)17-9-10-21-20(13-17)22-15-24(21)19-8-6-7-18(14-19)23-11-4-5-12-23/h6-10,13-16H,3-5,11-12H2,1-2H3. The van der Waals surface area contributed by atoms with E-state index < -0.39 is 0 Å². The molecule has 0 saturated carbocycles. The highest BCUT2D eigenvalue weighted by molar-refractivity contribution is 5.78. The summed E-state index contributed by atoms with van der Waals surface area (Å²) in [5, 5.41) is 0. The van der Waals surface area contributed by atoms with Gasteiger partial charge in [0.2, 0.25) is 0 Å². The number of anilines is 1. The Bertz CT molecular complexity index is 864. The van der Waals surface area contributed by atoms with Crippen molar-refractivity contribution in [3.8, 4) is 5.69 Å². The van der Waals surface area contributed by atoms with E-state index in [0.717, 1.165) is 36.4 Å². The molecule has 3 aromatic rings. The molecule has 130 valence electrons. The summed E-state index contributed by atoms with van der Waals surface area (Å²) in [5.74, 6) is 0. The van der Waals surface area contributed by atoms with Crippen molar-refractivity contribution in [2.45, 2.75) is 32.8 Å². The van der Waals surface area contributed by atoms with Crippen molar-refractivity contribution in [2.24, 2.45) is 0 Å². The molecule has 2 aromatic carbocycles. The van der Waals surface area contributed by atoms with Gasteiger partial charge in [0.1, 0.15) is 6.33 Å². The van der Waals surface area contributed by atoms with E-state index >= 15 is 0 Å². The largest absolute Gasteiger partial charge is 0.374 e. The molecule has 1 fully saturated rings. The van der Waals surface area contributed by atoms with Gasteiger partial charge in [-0.2, -0.15) is 0 Å². The van der Waals surface area contributed by atoms with Crippen LogP contribution >= 0.6 is 0 Å².